The molecule has 1 fully saturated rings. The van der Waals surface area contributed by atoms with Gasteiger partial charge in [0, 0.05) is 37.6 Å². The topological polar surface area (TPSA) is 141 Å². The molecule has 1 aromatic carbocycles. The third-order valence-electron chi connectivity index (χ3n) is 6.11. The van der Waals surface area contributed by atoms with Gasteiger partial charge in [-0.15, -0.1) is 0 Å². The summed E-state index contributed by atoms with van der Waals surface area (Å²) in [5.41, 5.74) is -0.594. The molecule has 0 radical (unpaired) electrons. The van der Waals surface area contributed by atoms with Crippen LogP contribution >= 0.6 is 11.6 Å². The molecule has 17 heteroatoms. The highest BCUT2D eigenvalue weighted by molar-refractivity contribution is 7.92. The molecule has 2 atom stereocenters. The first kappa shape index (κ1) is 31.8. The molecule has 0 spiro atoms. The van der Waals surface area contributed by atoms with E-state index >= 15 is 0 Å². The molecule has 0 amide bonds. The van der Waals surface area contributed by atoms with E-state index in [2.05, 4.69) is 25.0 Å². The van der Waals surface area contributed by atoms with Crippen LogP contribution in [0.15, 0.2) is 53.9 Å². The van der Waals surface area contributed by atoms with Crippen LogP contribution in [0.25, 0.3) is 0 Å². The number of nitrogens with zero attached hydrogens (tertiary/aromatic N) is 5. The second-order valence-electron chi connectivity index (χ2n) is 8.98. The van der Waals surface area contributed by atoms with Crippen LogP contribution in [-0.2, 0) is 21.0 Å². The number of halogens is 5. The lowest BCUT2D eigenvalue weighted by Crippen LogP contribution is -2.56. The number of pyridine rings is 1. The van der Waals surface area contributed by atoms with Crippen molar-refractivity contribution >= 4 is 45.4 Å². The Labute approximate surface area is 238 Å². The van der Waals surface area contributed by atoms with Gasteiger partial charge in [0.2, 0.25) is 0 Å². The summed E-state index contributed by atoms with van der Waals surface area (Å²) in [6.45, 7) is 0.472. The van der Waals surface area contributed by atoms with E-state index in [0.717, 1.165) is 36.8 Å². The predicted octanol–water partition coefficient (Wildman–Crippen LogP) is 3.81. The number of piperidine rings is 1. The van der Waals surface area contributed by atoms with Crippen LogP contribution in [0.5, 0.6) is 0 Å². The lowest BCUT2D eigenvalue weighted by atomic mass is 9.97. The third-order valence-corrected chi connectivity index (χ3v) is 7.80. The first-order valence-corrected chi connectivity index (χ1v) is 13.7. The van der Waals surface area contributed by atoms with Gasteiger partial charge in [0.25, 0.3) is 16.5 Å². The van der Waals surface area contributed by atoms with Gasteiger partial charge in [-0.1, -0.05) is 11.6 Å². The fourth-order valence-corrected chi connectivity index (χ4v) is 5.57. The number of nitrogens with one attached hydrogen (secondary N) is 2. The van der Waals surface area contributed by atoms with E-state index in [9.17, 15) is 26.0 Å². The summed E-state index contributed by atoms with van der Waals surface area (Å²) in [5.74, 6) is -0.848. The average molecular weight is 620 g/mol. The van der Waals surface area contributed by atoms with Crippen LogP contribution < -0.4 is 14.9 Å². The third kappa shape index (κ3) is 8.14. The van der Waals surface area contributed by atoms with Crippen LogP contribution in [0.2, 0.25) is 5.02 Å². The molecule has 11 nitrogen and oxygen atoms in total. The summed E-state index contributed by atoms with van der Waals surface area (Å²) in [4.78, 5) is 22.9. The van der Waals surface area contributed by atoms with Crippen molar-refractivity contribution in [2.45, 2.75) is 29.6 Å². The zero-order chi connectivity index (χ0) is 30.4. The molecule has 3 heterocycles. The summed E-state index contributed by atoms with van der Waals surface area (Å²) in [5, 5.41) is 10.1. The number of aromatic nitrogens is 3. The van der Waals surface area contributed by atoms with Gasteiger partial charge in [0.1, 0.15) is 28.7 Å². The Kier molecular flexibility index (Phi) is 10.3. The molecule has 41 heavy (non-hydrogen) atoms. The van der Waals surface area contributed by atoms with E-state index in [1.165, 1.54) is 12.3 Å². The van der Waals surface area contributed by atoms with E-state index in [1.807, 2.05) is 19.0 Å². The Bertz CT molecular complexity index is 1450. The zero-order valence-electron chi connectivity index (χ0n) is 21.7. The molecule has 1 aliphatic rings. The molecule has 0 unspecified atom stereocenters. The number of carboxylic acid groups (broad SMARTS) is 1. The van der Waals surface area contributed by atoms with Crippen LogP contribution in [0, 0.1) is 5.82 Å². The number of hydrogen-bond donors (Lipinski definition) is 3. The average Bonchev–Trinajstić information content (AvgIpc) is 2.91. The molecule has 0 saturated carbocycles. The Hall–Kier alpha value is -3.76. The fourth-order valence-electron chi connectivity index (χ4n) is 4.19. The van der Waals surface area contributed by atoms with Crippen LogP contribution in [0.3, 0.4) is 0 Å². The molecule has 1 saturated heterocycles. The van der Waals surface area contributed by atoms with Gasteiger partial charge < -0.3 is 20.2 Å². The summed E-state index contributed by atoms with van der Waals surface area (Å²) < 4.78 is 82.1. The van der Waals surface area contributed by atoms with E-state index in [-0.39, 0.29) is 40.9 Å². The van der Waals surface area contributed by atoms with Gasteiger partial charge in [-0.25, -0.2) is 27.8 Å². The summed E-state index contributed by atoms with van der Waals surface area (Å²) in [6, 6.07) is 4.77. The highest BCUT2D eigenvalue weighted by atomic mass is 35.5. The second kappa shape index (κ2) is 13.3. The smallest absolute Gasteiger partial charge is 0.416 e. The van der Waals surface area contributed by atoms with E-state index < -0.39 is 32.5 Å². The normalized spacial score (nSPS) is 17.4. The molecule has 222 valence electrons. The van der Waals surface area contributed by atoms with Crippen LogP contribution in [0.4, 0.5) is 34.9 Å². The van der Waals surface area contributed by atoms with Gasteiger partial charge in [-0.05, 0) is 50.8 Å². The monoisotopic (exact) mass is 619 g/mol. The quantitative estimate of drug-likeness (QED) is 0.264. The number of anilines is 3. The Balaban J connectivity index is 0.00000147. The van der Waals surface area contributed by atoms with Crippen LogP contribution in [-0.4, -0.2) is 79.1 Å². The molecule has 2 aromatic heterocycles. The van der Waals surface area contributed by atoms with Crippen molar-refractivity contribution in [2.75, 3.05) is 42.1 Å². The molecule has 3 N–H and O–H groups in total. The zero-order valence-corrected chi connectivity index (χ0v) is 23.3. The molecule has 0 bridgehead atoms. The van der Waals surface area contributed by atoms with Crippen molar-refractivity contribution in [3.05, 3.63) is 65.5 Å². The van der Waals surface area contributed by atoms with Crippen molar-refractivity contribution in [1.82, 2.24) is 19.9 Å². The molecule has 1 aliphatic heterocycles. The maximum absolute atomic E-state index is 15.0. The lowest BCUT2D eigenvalue weighted by Gasteiger charge is -2.43. The highest BCUT2D eigenvalue weighted by Crippen LogP contribution is 2.33. The highest BCUT2D eigenvalue weighted by Gasteiger charge is 2.35. The maximum atomic E-state index is 15.0. The van der Waals surface area contributed by atoms with Crippen LogP contribution in [0.1, 0.15) is 12.0 Å². The summed E-state index contributed by atoms with van der Waals surface area (Å²) in [6.07, 6.45) is -0.414. The number of hydrogen-bond acceptors (Lipinski definition) is 9. The Morgan fingerprint density at radius 2 is 1.88 bits per heavy atom. The van der Waals surface area contributed by atoms with E-state index in [1.54, 1.807) is 4.90 Å². The SMILES string of the molecule is CN(C)[C@H]1CN(c2cc(C(F)(F)F)ccn2)CC[C@@H]1Nc1cc(F)c(S(=O)(=O)Nc2ccncn2)cc1Cl.O=CO. The van der Waals surface area contributed by atoms with Crippen molar-refractivity contribution < 1.29 is 35.9 Å². The summed E-state index contributed by atoms with van der Waals surface area (Å²) >= 11 is 6.35. The standard InChI is InChI=1S/C23H24ClF4N7O2S.CH2O2/c1-34(2)19-12-35(22-9-14(3-7-30-22)23(26,27)28)8-5-17(19)32-18-11-16(25)20(10-15(18)24)38(36,37)33-21-4-6-29-13-31-21;2-1-3/h3-4,6-7,9-11,13,17,19,32H,5,8,12H2,1-2H3,(H,29,31,33);1H,(H,2,3)/t17-,19-;/m0./s1. The first-order valence-electron chi connectivity index (χ1n) is 11.8. The number of carbonyl (C=O) groups is 1. The lowest BCUT2D eigenvalue weighted by molar-refractivity contribution is -0.137. The van der Waals surface area contributed by atoms with Crippen molar-refractivity contribution in [3.8, 4) is 0 Å². The van der Waals surface area contributed by atoms with Gasteiger partial charge >= 0.3 is 6.18 Å². The predicted molar refractivity (Wildman–Crippen MR) is 144 cm³/mol. The number of alkyl halides is 3. The number of rotatable bonds is 7. The first-order chi connectivity index (χ1) is 19.3. The Morgan fingerprint density at radius 1 is 1.17 bits per heavy atom. The number of benzene rings is 1. The van der Waals surface area contributed by atoms with Crippen molar-refractivity contribution in [3.63, 3.8) is 0 Å². The maximum Gasteiger partial charge on any atom is 0.416 e. The number of sulfonamides is 1. The molecule has 4 rings (SSSR count). The van der Waals surface area contributed by atoms with E-state index in [4.69, 9.17) is 21.5 Å². The van der Waals surface area contributed by atoms with Gasteiger partial charge in [0.05, 0.1) is 16.3 Å². The Morgan fingerprint density at radius 3 is 2.49 bits per heavy atom. The summed E-state index contributed by atoms with van der Waals surface area (Å²) in [7, 11) is -0.685. The largest absolute Gasteiger partial charge is 0.483 e. The minimum Gasteiger partial charge on any atom is -0.483 e. The minimum absolute atomic E-state index is 0.0195. The van der Waals surface area contributed by atoms with Crippen molar-refractivity contribution in [1.29, 1.82) is 0 Å². The van der Waals surface area contributed by atoms with Gasteiger partial charge in [-0.2, -0.15) is 13.2 Å². The number of likely N-dealkylation sites (N-methyl/N-ethyl adjacent to an activating group) is 1. The minimum atomic E-state index is -4.48. The molecular formula is C24H26ClF4N7O4S. The van der Waals surface area contributed by atoms with E-state index in [0.29, 0.717) is 19.5 Å². The molecule has 3 aromatic rings. The molecule has 0 aliphatic carbocycles. The van der Waals surface area contributed by atoms with Gasteiger partial charge in [0.15, 0.2) is 0 Å². The van der Waals surface area contributed by atoms with Crippen molar-refractivity contribution in [2.24, 2.45) is 0 Å². The fraction of sp³-hybridized carbons (Fsp3) is 0.333. The second-order valence-corrected chi connectivity index (χ2v) is 11.0. The van der Waals surface area contributed by atoms with Gasteiger partial charge in [-0.3, -0.25) is 9.52 Å². The molecular weight excluding hydrogens is 594 g/mol.